The first-order chi connectivity index (χ1) is 5.68. The van der Waals surface area contributed by atoms with Crippen LogP contribution >= 0.6 is 0 Å². The fourth-order valence-corrected chi connectivity index (χ4v) is 1.98. The maximum Gasteiger partial charge on any atom is 0.203 e. The van der Waals surface area contributed by atoms with Gasteiger partial charge in [0.25, 0.3) is 0 Å². The Morgan fingerprint density at radius 2 is 2.08 bits per heavy atom. The molecule has 4 heteroatoms. The van der Waals surface area contributed by atoms with Gasteiger partial charge >= 0.3 is 0 Å². The Hall–Kier alpha value is -0.483. The Kier molecular flexibility index (Phi) is 2.79. The maximum atomic E-state index is 5.39. The van der Waals surface area contributed by atoms with E-state index in [9.17, 15) is 0 Å². The van der Waals surface area contributed by atoms with Crippen molar-refractivity contribution in [2.24, 2.45) is 0 Å². The van der Waals surface area contributed by atoms with E-state index in [-0.39, 0.29) is 5.60 Å². The number of rotatable bonds is 3. The van der Waals surface area contributed by atoms with Crippen LogP contribution in [0.1, 0.15) is 19.8 Å². The van der Waals surface area contributed by atoms with Gasteiger partial charge in [-0.25, -0.2) is 0 Å². The number of methoxy groups -OCH3 is 2. The van der Waals surface area contributed by atoms with Crippen LogP contribution in [0.15, 0.2) is 11.5 Å². The molecule has 0 N–H and O–H groups in total. The lowest BCUT2D eigenvalue weighted by Crippen LogP contribution is -2.27. The molecule has 3 nitrogen and oxygen atoms in total. The largest absolute Gasteiger partial charge is 0.554 e. The Labute approximate surface area is 76.2 Å². The molecule has 1 aliphatic rings. The van der Waals surface area contributed by atoms with Crippen molar-refractivity contribution < 1.29 is 13.9 Å². The molecule has 0 saturated heterocycles. The van der Waals surface area contributed by atoms with Crippen LogP contribution in [0.2, 0.25) is 0 Å². The van der Waals surface area contributed by atoms with E-state index in [4.69, 9.17) is 13.9 Å². The first kappa shape index (κ1) is 9.60. The normalized spacial score (nSPS) is 29.6. The van der Waals surface area contributed by atoms with Crippen LogP contribution in [0, 0.1) is 0 Å². The molecule has 1 unspecified atom stereocenters. The minimum Gasteiger partial charge on any atom is -0.554 e. The van der Waals surface area contributed by atoms with Gasteiger partial charge in [-0.05, 0) is 13.3 Å². The molecule has 1 aliphatic carbocycles. The number of ether oxygens (including phenoxy) is 2. The lowest BCUT2D eigenvalue weighted by atomic mass is 10.1. The van der Waals surface area contributed by atoms with Gasteiger partial charge in [-0.2, -0.15) is 0 Å². The summed E-state index contributed by atoms with van der Waals surface area (Å²) in [5.41, 5.74) is -0.269. The highest BCUT2D eigenvalue weighted by Gasteiger charge is 2.38. The van der Waals surface area contributed by atoms with Crippen LogP contribution in [-0.4, -0.2) is 30.3 Å². The zero-order valence-corrected chi connectivity index (χ0v) is 10.1. The van der Waals surface area contributed by atoms with Gasteiger partial charge in [0.15, 0.2) is 5.76 Å². The van der Waals surface area contributed by atoms with Crippen molar-refractivity contribution >= 4 is 10.5 Å². The van der Waals surface area contributed by atoms with Crippen LogP contribution in [0.4, 0.5) is 0 Å². The predicted molar refractivity (Wildman–Crippen MR) is 49.7 cm³/mol. The van der Waals surface area contributed by atoms with Crippen molar-refractivity contribution in [3.8, 4) is 0 Å². The van der Waals surface area contributed by atoms with Crippen molar-refractivity contribution in [1.82, 2.24) is 0 Å². The van der Waals surface area contributed by atoms with E-state index < -0.39 is 0 Å². The molecular formula is C8H16O3Si. The molecule has 0 aromatic carbocycles. The van der Waals surface area contributed by atoms with Gasteiger partial charge in [-0.3, -0.25) is 0 Å². The Bertz CT molecular complexity index is 202. The second-order valence-electron chi connectivity index (χ2n) is 3.10. The Morgan fingerprint density at radius 3 is 2.50 bits per heavy atom. The molecule has 0 aliphatic heterocycles. The van der Waals surface area contributed by atoms with Gasteiger partial charge in [0.1, 0.15) is 11.4 Å². The van der Waals surface area contributed by atoms with Gasteiger partial charge in [-0.1, -0.05) is 0 Å². The lowest BCUT2D eigenvalue weighted by molar-refractivity contribution is -0.00165. The molecular weight excluding hydrogens is 172 g/mol. The summed E-state index contributed by atoms with van der Waals surface area (Å²) in [4.78, 5) is 0. The zero-order valence-electron chi connectivity index (χ0n) is 8.14. The first-order valence-corrected chi connectivity index (χ1v) is 4.86. The third kappa shape index (κ3) is 1.36. The van der Waals surface area contributed by atoms with E-state index in [2.05, 4.69) is 0 Å². The van der Waals surface area contributed by atoms with Crippen LogP contribution < -0.4 is 0 Å². The third-order valence-electron chi connectivity index (χ3n) is 2.46. The van der Waals surface area contributed by atoms with E-state index in [0.717, 1.165) is 24.4 Å². The minimum absolute atomic E-state index is 0.269. The van der Waals surface area contributed by atoms with Gasteiger partial charge in [0.05, 0.1) is 7.11 Å². The van der Waals surface area contributed by atoms with Crippen LogP contribution in [-0.2, 0) is 13.9 Å². The quantitative estimate of drug-likeness (QED) is 0.598. The molecule has 0 spiro atoms. The number of allylic oxidation sites excluding steroid dienone is 1. The highest BCUT2D eigenvalue weighted by molar-refractivity contribution is 5.98. The summed E-state index contributed by atoms with van der Waals surface area (Å²) in [5, 5.41) is 0. The number of hydrogen-bond acceptors (Lipinski definition) is 3. The second kappa shape index (κ2) is 3.49. The topological polar surface area (TPSA) is 27.7 Å². The second-order valence-corrected chi connectivity index (χ2v) is 3.50. The van der Waals surface area contributed by atoms with E-state index in [0.29, 0.717) is 10.5 Å². The molecule has 0 radical (unpaired) electrons. The fourth-order valence-electron chi connectivity index (χ4n) is 1.59. The van der Waals surface area contributed by atoms with Crippen molar-refractivity contribution in [1.29, 1.82) is 0 Å². The summed E-state index contributed by atoms with van der Waals surface area (Å²) in [6.07, 6.45) is 1.88. The number of hydrogen-bond donors (Lipinski definition) is 0. The Balaban J connectivity index is 2.90. The Morgan fingerprint density at radius 1 is 1.42 bits per heavy atom. The molecule has 0 fully saturated rings. The average Bonchev–Trinajstić information content (AvgIpc) is 2.43. The van der Waals surface area contributed by atoms with Crippen molar-refractivity contribution in [3.63, 3.8) is 0 Å². The molecule has 0 aromatic rings. The van der Waals surface area contributed by atoms with Gasteiger partial charge in [0.2, 0.25) is 10.5 Å². The molecule has 0 amide bonds. The highest BCUT2D eigenvalue weighted by Crippen LogP contribution is 2.38. The summed E-state index contributed by atoms with van der Waals surface area (Å²) < 4.78 is 16.0. The lowest BCUT2D eigenvalue weighted by Gasteiger charge is -2.24. The molecule has 1 rings (SSSR count). The van der Waals surface area contributed by atoms with Crippen molar-refractivity contribution in [2.45, 2.75) is 25.4 Å². The standard InChI is InChI=1S/C8H16O3Si/c1-8(10-3)5-4-6(11-12)7(8)9-2/h4-5H2,1-3,12H3. The predicted octanol–water partition coefficient (Wildman–Crippen LogP) is 0.340. The maximum absolute atomic E-state index is 5.39. The van der Waals surface area contributed by atoms with Crippen molar-refractivity contribution in [2.75, 3.05) is 14.2 Å². The van der Waals surface area contributed by atoms with Gasteiger partial charge in [-0.15, -0.1) is 0 Å². The van der Waals surface area contributed by atoms with Crippen molar-refractivity contribution in [3.05, 3.63) is 11.5 Å². The first-order valence-electron chi connectivity index (χ1n) is 4.04. The summed E-state index contributed by atoms with van der Waals surface area (Å²) in [6.45, 7) is 2.03. The molecule has 0 saturated carbocycles. The summed E-state index contributed by atoms with van der Waals surface area (Å²) in [7, 11) is 4.08. The molecule has 0 heterocycles. The van der Waals surface area contributed by atoms with E-state index in [1.807, 2.05) is 6.92 Å². The molecule has 0 aromatic heterocycles. The third-order valence-corrected chi connectivity index (χ3v) is 2.96. The summed E-state index contributed by atoms with van der Waals surface area (Å²) in [6, 6.07) is 0. The summed E-state index contributed by atoms with van der Waals surface area (Å²) in [5.74, 6) is 1.83. The van der Waals surface area contributed by atoms with E-state index >= 15 is 0 Å². The monoisotopic (exact) mass is 188 g/mol. The van der Waals surface area contributed by atoms with Crippen LogP contribution in [0.5, 0.6) is 0 Å². The zero-order chi connectivity index (χ0) is 9.19. The highest BCUT2D eigenvalue weighted by atomic mass is 28.2. The van der Waals surface area contributed by atoms with Gasteiger partial charge in [0, 0.05) is 13.5 Å². The average molecular weight is 188 g/mol. The SMILES string of the molecule is COC1=C(O[SiH3])CCC1(C)OC. The molecule has 12 heavy (non-hydrogen) atoms. The van der Waals surface area contributed by atoms with E-state index in [1.165, 1.54) is 0 Å². The minimum atomic E-state index is -0.269. The van der Waals surface area contributed by atoms with E-state index in [1.54, 1.807) is 14.2 Å². The van der Waals surface area contributed by atoms with Crippen LogP contribution in [0.25, 0.3) is 0 Å². The molecule has 1 atom stereocenters. The smallest absolute Gasteiger partial charge is 0.203 e. The summed E-state index contributed by atoms with van der Waals surface area (Å²) >= 11 is 0. The van der Waals surface area contributed by atoms with Gasteiger partial charge < -0.3 is 13.9 Å². The molecule has 0 bridgehead atoms. The molecule has 70 valence electrons. The van der Waals surface area contributed by atoms with Crippen LogP contribution in [0.3, 0.4) is 0 Å². The fraction of sp³-hybridized carbons (Fsp3) is 0.750.